The van der Waals surface area contributed by atoms with Crippen molar-refractivity contribution in [2.45, 2.75) is 65.0 Å². The number of carbonyl (C=O) groups excluding carboxylic acids is 1. The third kappa shape index (κ3) is 6.66. The van der Waals surface area contributed by atoms with Crippen LogP contribution in [0.3, 0.4) is 0 Å². The first kappa shape index (κ1) is 18.2. The number of hydrogen-bond donors (Lipinski definition) is 3. The second kappa shape index (κ2) is 10.0. The number of hydrogen-bond acceptors (Lipinski definition) is 3. The molecule has 3 N–H and O–H groups in total. The maximum atomic E-state index is 12.0. The lowest BCUT2D eigenvalue weighted by Gasteiger charge is -2.26. The molecule has 0 bridgehead atoms. The molecule has 0 radical (unpaired) electrons. The Bertz CT molecular complexity index is 297. The molecule has 124 valence electrons. The number of nitrogens with one attached hydrogen (secondary N) is 2. The van der Waals surface area contributed by atoms with Crippen molar-refractivity contribution in [3.8, 4) is 0 Å². The van der Waals surface area contributed by atoms with Crippen LogP contribution in [0.15, 0.2) is 0 Å². The average molecular weight is 299 g/mol. The third-order valence-electron chi connectivity index (χ3n) is 4.53. The van der Waals surface area contributed by atoms with E-state index in [2.05, 4.69) is 36.3 Å². The fraction of sp³-hybridized carbons (Fsp3) is 0.938. The minimum absolute atomic E-state index is 0.0971. The number of amides is 2. The van der Waals surface area contributed by atoms with Gasteiger partial charge in [0.1, 0.15) is 0 Å². The van der Waals surface area contributed by atoms with Gasteiger partial charge in [0.15, 0.2) is 0 Å². The van der Waals surface area contributed by atoms with Gasteiger partial charge in [0.05, 0.1) is 0 Å². The summed E-state index contributed by atoms with van der Waals surface area (Å²) in [4.78, 5) is 14.3. The predicted octanol–water partition coefficient (Wildman–Crippen LogP) is 1.96. The van der Waals surface area contributed by atoms with Gasteiger partial charge in [0, 0.05) is 37.7 Å². The summed E-state index contributed by atoms with van der Waals surface area (Å²) in [6, 6.07) is 0.519. The zero-order valence-corrected chi connectivity index (χ0v) is 13.9. The molecule has 0 aliphatic heterocycles. The Morgan fingerprint density at radius 2 is 2.00 bits per heavy atom. The van der Waals surface area contributed by atoms with Crippen LogP contribution in [-0.4, -0.2) is 54.4 Å². The standard InChI is InChI=1S/C16H33N3O2/c1-4-19(13(2)3)11-10-17-16(21)18-15-9-7-5-6-8-14(15)12-20/h13-15,20H,4-12H2,1-3H3,(H2,17,18,21). The van der Waals surface area contributed by atoms with Crippen molar-refractivity contribution in [3.63, 3.8) is 0 Å². The molecule has 1 rings (SSSR count). The van der Waals surface area contributed by atoms with E-state index in [0.29, 0.717) is 12.6 Å². The van der Waals surface area contributed by atoms with Crippen LogP contribution in [0, 0.1) is 5.92 Å². The third-order valence-corrected chi connectivity index (χ3v) is 4.53. The SMILES string of the molecule is CCN(CCNC(=O)NC1CCCCCC1CO)C(C)C. The maximum absolute atomic E-state index is 12.0. The lowest BCUT2D eigenvalue weighted by atomic mass is 9.96. The lowest BCUT2D eigenvalue weighted by molar-refractivity contribution is 0.178. The molecule has 21 heavy (non-hydrogen) atoms. The molecule has 1 fully saturated rings. The molecule has 0 aromatic rings. The van der Waals surface area contributed by atoms with Gasteiger partial charge < -0.3 is 15.7 Å². The van der Waals surface area contributed by atoms with Crippen LogP contribution in [0.5, 0.6) is 0 Å². The normalized spacial score (nSPS) is 23.1. The fourth-order valence-electron chi connectivity index (χ4n) is 3.11. The minimum atomic E-state index is -0.0971. The summed E-state index contributed by atoms with van der Waals surface area (Å²) in [6.45, 7) is 9.17. The minimum Gasteiger partial charge on any atom is -0.396 e. The van der Waals surface area contributed by atoms with E-state index >= 15 is 0 Å². The van der Waals surface area contributed by atoms with E-state index in [1.54, 1.807) is 0 Å². The molecule has 5 nitrogen and oxygen atoms in total. The molecule has 2 amide bonds. The van der Waals surface area contributed by atoms with Crippen molar-refractivity contribution in [1.82, 2.24) is 15.5 Å². The van der Waals surface area contributed by atoms with Gasteiger partial charge in [-0.2, -0.15) is 0 Å². The van der Waals surface area contributed by atoms with Gasteiger partial charge in [-0.1, -0.05) is 26.2 Å². The zero-order valence-electron chi connectivity index (χ0n) is 13.9. The molecule has 1 aliphatic carbocycles. The van der Waals surface area contributed by atoms with E-state index in [0.717, 1.165) is 38.8 Å². The predicted molar refractivity (Wildman–Crippen MR) is 86.4 cm³/mol. The van der Waals surface area contributed by atoms with Gasteiger partial charge >= 0.3 is 6.03 Å². The van der Waals surface area contributed by atoms with Crippen LogP contribution >= 0.6 is 0 Å². The van der Waals surface area contributed by atoms with Crippen molar-refractivity contribution in [3.05, 3.63) is 0 Å². The Kier molecular flexibility index (Phi) is 8.69. The van der Waals surface area contributed by atoms with E-state index in [1.165, 1.54) is 6.42 Å². The molecule has 2 atom stereocenters. The second-order valence-corrected chi connectivity index (χ2v) is 6.31. The number of urea groups is 1. The van der Waals surface area contributed by atoms with Crippen LogP contribution < -0.4 is 10.6 Å². The van der Waals surface area contributed by atoms with Crippen molar-refractivity contribution < 1.29 is 9.90 Å². The highest BCUT2D eigenvalue weighted by Crippen LogP contribution is 2.23. The first-order valence-electron chi connectivity index (χ1n) is 8.47. The molecule has 0 saturated heterocycles. The van der Waals surface area contributed by atoms with Crippen LogP contribution in [0.4, 0.5) is 4.79 Å². The number of nitrogens with zero attached hydrogens (tertiary/aromatic N) is 1. The van der Waals surface area contributed by atoms with Gasteiger partial charge in [-0.15, -0.1) is 0 Å². The number of rotatable bonds is 7. The number of likely N-dealkylation sites (N-methyl/N-ethyl adjacent to an activating group) is 1. The lowest BCUT2D eigenvalue weighted by Crippen LogP contribution is -2.48. The van der Waals surface area contributed by atoms with Crippen molar-refractivity contribution in [1.29, 1.82) is 0 Å². The van der Waals surface area contributed by atoms with E-state index in [4.69, 9.17) is 0 Å². The zero-order chi connectivity index (χ0) is 15.7. The quantitative estimate of drug-likeness (QED) is 0.630. The number of carbonyl (C=O) groups is 1. The highest BCUT2D eigenvalue weighted by Gasteiger charge is 2.24. The average Bonchev–Trinajstić information content (AvgIpc) is 2.68. The molecule has 1 aliphatic rings. The summed E-state index contributed by atoms with van der Waals surface area (Å²) < 4.78 is 0. The smallest absolute Gasteiger partial charge is 0.315 e. The molecule has 0 spiro atoms. The summed E-state index contributed by atoms with van der Waals surface area (Å²) in [5, 5.41) is 15.5. The molecule has 1 saturated carbocycles. The highest BCUT2D eigenvalue weighted by molar-refractivity contribution is 5.74. The topological polar surface area (TPSA) is 64.6 Å². The van der Waals surface area contributed by atoms with E-state index < -0.39 is 0 Å². The van der Waals surface area contributed by atoms with Gasteiger partial charge in [0.25, 0.3) is 0 Å². The Morgan fingerprint density at radius 3 is 2.62 bits per heavy atom. The van der Waals surface area contributed by atoms with Gasteiger partial charge in [0.2, 0.25) is 0 Å². The first-order valence-corrected chi connectivity index (χ1v) is 8.47. The molecule has 0 heterocycles. The number of aliphatic hydroxyl groups excluding tert-OH is 1. The summed E-state index contributed by atoms with van der Waals surface area (Å²) in [5.41, 5.74) is 0. The van der Waals surface area contributed by atoms with Gasteiger partial charge in [-0.3, -0.25) is 4.90 Å². The maximum Gasteiger partial charge on any atom is 0.315 e. The highest BCUT2D eigenvalue weighted by atomic mass is 16.3. The fourth-order valence-corrected chi connectivity index (χ4v) is 3.11. The van der Waals surface area contributed by atoms with Crippen LogP contribution in [-0.2, 0) is 0 Å². The van der Waals surface area contributed by atoms with Crippen molar-refractivity contribution in [2.24, 2.45) is 5.92 Å². The molecule has 0 aromatic heterocycles. The molecule has 5 heteroatoms. The van der Waals surface area contributed by atoms with E-state index in [-0.39, 0.29) is 24.6 Å². The van der Waals surface area contributed by atoms with Gasteiger partial charge in [-0.25, -0.2) is 4.79 Å². The largest absolute Gasteiger partial charge is 0.396 e. The van der Waals surface area contributed by atoms with Crippen LogP contribution in [0.2, 0.25) is 0 Å². The van der Waals surface area contributed by atoms with Crippen LogP contribution in [0.25, 0.3) is 0 Å². The summed E-state index contributed by atoms with van der Waals surface area (Å²) >= 11 is 0. The summed E-state index contributed by atoms with van der Waals surface area (Å²) in [6.07, 6.45) is 5.49. The van der Waals surface area contributed by atoms with Crippen LogP contribution in [0.1, 0.15) is 52.9 Å². The Hall–Kier alpha value is -0.810. The molecule has 2 unspecified atom stereocenters. The summed E-state index contributed by atoms with van der Waals surface area (Å²) in [7, 11) is 0. The van der Waals surface area contributed by atoms with E-state index in [9.17, 15) is 9.90 Å². The monoisotopic (exact) mass is 299 g/mol. The Labute approximate surface area is 129 Å². The second-order valence-electron chi connectivity index (χ2n) is 6.31. The number of aliphatic hydroxyl groups is 1. The van der Waals surface area contributed by atoms with Crippen molar-refractivity contribution in [2.75, 3.05) is 26.2 Å². The van der Waals surface area contributed by atoms with Crippen molar-refractivity contribution >= 4 is 6.03 Å². The van der Waals surface area contributed by atoms with Gasteiger partial charge in [-0.05, 0) is 33.2 Å². The molecule has 0 aromatic carbocycles. The Morgan fingerprint density at radius 1 is 1.29 bits per heavy atom. The molecular weight excluding hydrogens is 266 g/mol. The Balaban J connectivity index is 2.31. The summed E-state index contributed by atoms with van der Waals surface area (Å²) in [5.74, 6) is 0.209. The first-order chi connectivity index (χ1) is 10.1. The van der Waals surface area contributed by atoms with E-state index in [1.807, 2.05) is 0 Å². The molecular formula is C16H33N3O2.